The van der Waals surface area contributed by atoms with Crippen LogP contribution in [0, 0.1) is 18.3 Å². The molecule has 1 heterocycles. The number of hydrogen-bond acceptors (Lipinski definition) is 7. The third-order valence-electron chi connectivity index (χ3n) is 4.32. The summed E-state index contributed by atoms with van der Waals surface area (Å²) in [7, 11) is 1.53. The molecule has 6 nitrogen and oxygen atoms in total. The number of carbonyl (C=O) groups is 1. The van der Waals surface area contributed by atoms with E-state index in [4.69, 9.17) is 5.26 Å². The van der Waals surface area contributed by atoms with E-state index in [0.717, 1.165) is 0 Å². The SMILES string of the molecule is Cc1sc(N(Cc2ccccc2SC(F)(F)P)c2ccc(C#N)cc2)nc1C(=O)N[S+](C)[O-]. The Morgan fingerprint density at radius 1 is 1.33 bits per heavy atom. The van der Waals surface area contributed by atoms with Gasteiger partial charge >= 0.3 is 10.9 Å². The number of aromatic nitrogens is 1. The molecule has 3 rings (SSSR count). The van der Waals surface area contributed by atoms with Crippen LogP contribution in [-0.2, 0) is 17.9 Å². The summed E-state index contributed by atoms with van der Waals surface area (Å²) in [5, 5.41) is 9.58. The Morgan fingerprint density at radius 2 is 2.00 bits per heavy atom. The van der Waals surface area contributed by atoms with Gasteiger partial charge in [-0.15, -0.1) is 11.3 Å². The van der Waals surface area contributed by atoms with Crippen LogP contribution in [0.4, 0.5) is 19.6 Å². The van der Waals surface area contributed by atoms with E-state index >= 15 is 0 Å². The van der Waals surface area contributed by atoms with Gasteiger partial charge in [0.05, 0.1) is 29.5 Å². The topological polar surface area (TPSA) is 92.1 Å². The van der Waals surface area contributed by atoms with Gasteiger partial charge in [0.25, 0.3) is 0 Å². The van der Waals surface area contributed by atoms with Crippen molar-refractivity contribution in [3.63, 3.8) is 0 Å². The third-order valence-corrected chi connectivity index (χ3v) is 7.03. The van der Waals surface area contributed by atoms with Gasteiger partial charge in [0.15, 0.2) is 5.13 Å². The molecule has 12 heteroatoms. The van der Waals surface area contributed by atoms with Gasteiger partial charge in [-0.1, -0.05) is 18.2 Å². The number of amides is 1. The molecule has 0 saturated carbocycles. The molecule has 2 unspecified atom stereocenters. The minimum absolute atomic E-state index is 0.142. The van der Waals surface area contributed by atoms with E-state index in [1.54, 1.807) is 60.4 Å². The van der Waals surface area contributed by atoms with Crippen LogP contribution in [0.25, 0.3) is 0 Å². The van der Waals surface area contributed by atoms with E-state index in [0.29, 0.717) is 43.5 Å². The van der Waals surface area contributed by atoms with Crippen molar-refractivity contribution in [2.75, 3.05) is 11.2 Å². The lowest BCUT2D eigenvalue weighted by atomic mass is 10.1. The fourth-order valence-electron chi connectivity index (χ4n) is 2.92. The first-order valence-electron chi connectivity index (χ1n) is 9.40. The van der Waals surface area contributed by atoms with Crippen molar-refractivity contribution in [3.05, 3.63) is 70.2 Å². The van der Waals surface area contributed by atoms with Gasteiger partial charge in [0, 0.05) is 15.5 Å². The van der Waals surface area contributed by atoms with Crippen LogP contribution in [0.1, 0.15) is 26.5 Å². The number of halogens is 2. The molecule has 0 aliphatic heterocycles. The smallest absolute Gasteiger partial charge is 0.311 e. The Labute approximate surface area is 203 Å². The molecule has 0 spiro atoms. The molecule has 0 saturated heterocycles. The van der Waals surface area contributed by atoms with Crippen molar-refractivity contribution in [2.45, 2.75) is 23.4 Å². The Balaban J connectivity index is 2.04. The number of nitrogens with one attached hydrogen (secondary N) is 1. The largest absolute Gasteiger partial charge is 0.593 e. The van der Waals surface area contributed by atoms with Crippen molar-refractivity contribution in [2.24, 2.45) is 0 Å². The molecule has 2 atom stereocenters. The molecule has 1 aromatic heterocycles. The zero-order valence-corrected chi connectivity index (χ0v) is 21.1. The van der Waals surface area contributed by atoms with Crippen LogP contribution < -0.4 is 9.62 Å². The summed E-state index contributed by atoms with van der Waals surface area (Å²) in [6, 6.07) is 15.6. The number of aryl methyl sites for hydroxylation is 1. The molecule has 1 N–H and O–H groups in total. The average Bonchev–Trinajstić information content (AvgIpc) is 3.13. The number of nitriles is 1. The van der Waals surface area contributed by atoms with Crippen LogP contribution >= 0.6 is 32.3 Å². The van der Waals surface area contributed by atoms with E-state index in [1.165, 1.54) is 26.8 Å². The summed E-state index contributed by atoms with van der Waals surface area (Å²) in [5.41, 5.74) is 1.93. The number of thioether (sulfide) groups is 1. The number of thiazole rings is 1. The minimum Gasteiger partial charge on any atom is -0.593 e. The number of alkyl halides is 2. The van der Waals surface area contributed by atoms with E-state index in [2.05, 4.69) is 15.8 Å². The number of carbonyl (C=O) groups excluding carboxylic acids is 1. The quantitative estimate of drug-likeness (QED) is 0.247. The lowest BCUT2D eigenvalue weighted by Gasteiger charge is -2.24. The number of benzene rings is 2. The fraction of sp³-hybridized carbons (Fsp3) is 0.190. The van der Waals surface area contributed by atoms with Crippen LogP contribution in [-0.4, -0.2) is 26.7 Å². The van der Waals surface area contributed by atoms with Crippen molar-refractivity contribution in [3.8, 4) is 6.07 Å². The first kappa shape index (κ1) is 25.4. The Bertz CT molecular complexity index is 1180. The number of hydrogen-bond donors (Lipinski definition) is 1. The molecule has 33 heavy (non-hydrogen) atoms. The molecule has 1 amide bonds. The first-order chi connectivity index (χ1) is 15.6. The molecule has 3 aromatic rings. The maximum absolute atomic E-state index is 13.7. The standard InChI is InChI=1S/C21H19F2N4O2PS3/c1-13-18(19(28)26-33(2)29)25-20(31-13)27(16-9-7-14(11-24)8-10-16)12-15-5-3-4-6-17(15)32-21(22,23)30/h3-10H,12,30H2,1-2H3,(H,26,28). The van der Waals surface area contributed by atoms with Gasteiger partial charge in [-0.05, 0) is 63.8 Å². The van der Waals surface area contributed by atoms with Crippen molar-refractivity contribution in [1.82, 2.24) is 9.71 Å². The maximum Gasteiger partial charge on any atom is 0.311 e. The number of nitrogens with zero attached hydrogens (tertiary/aromatic N) is 3. The highest BCUT2D eigenvalue weighted by Gasteiger charge is 2.26. The monoisotopic (exact) mass is 524 g/mol. The summed E-state index contributed by atoms with van der Waals surface area (Å²) in [6.07, 6.45) is 1.35. The van der Waals surface area contributed by atoms with Gasteiger partial charge in [-0.3, -0.25) is 4.79 Å². The highest BCUT2D eigenvalue weighted by Crippen LogP contribution is 2.43. The average molecular weight is 525 g/mol. The minimum atomic E-state index is -3.03. The second-order valence-electron chi connectivity index (χ2n) is 6.80. The predicted octanol–water partition coefficient (Wildman–Crippen LogP) is 5.20. The third kappa shape index (κ3) is 6.88. The maximum atomic E-state index is 13.7. The van der Waals surface area contributed by atoms with E-state index in [1.807, 2.05) is 0 Å². The molecule has 0 aliphatic carbocycles. The molecule has 0 fully saturated rings. The Kier molecular flexibility index (Phi) is 8.32. The van der Waals surface area contributed by atoms with Crippen molar-refractivity contribution >= 4 is 60.4 Å². The molecule has 0 bridgehead atoms. The molecule has 0 radical (unpaired) electrons. The highest BCUT2D eigenvalue weighted by molar-refractivity contribution is 8.03. The lowest BCUT2D eigenvalue weighted by Crippen LogP contribution is -2.30. The van der Waals surface area contributed by atoms with Gasteiger partial charge in [-0.2, -0.15) is 18.8 Å². The predicted molar refractivity (Wildman–Crippen MR) is 132 cm³/mol. The van der Waals surface area contributed by atoms with E-state index < -0.39 is 22.3 Å². The van der Waals surface area contributed by atoms with Crippen molar-refractivity contribution < 1.29 is 18.1 Å². The van der Waals surface area contributed by atoms with Crippen LogP contribution in [0.15, 0.2) is 53.4 Å². The zero-order valence-electron chi connectivity index (χ0n) is 17.5. The van der Waals surface area contributed by atoms with Crippen LogP contribution in [0.3, 0.4) is 0 Å². The second-order valence-corrected chi connectivity index (χ2v) is 11.4. The molecule has 0 aliphatic rings. The van der Waals surface area contributed by atoms with Gasteiger partial charge in [0.1, 0.15) is 11.9 Å². The Morgan fingerprint density at radius 3 is 2.61 bits per heavy atom. The number of rotatable bonds is 8. The first-order valence-corrected chi connectivity index (χ1v) is 13.2. The van der Waals surface area contributed by atoms with Crippen LogP contribution in [0.5, 0.6) is 0 Å². The van der Waals surface area contributed by atoms with E-state index in [9.17, 15) is 18.1 Å². The van der Waals surface area contributed by atoms with Gasteiger partial charge in [0.2, 0.25) is 0 Å². The zero-order chi connectivity index (χ0) is 24.2. The van der Waals surface area contributed by atoms with Gasteiger partial charge < -0.3 is 9.45 Å². The molecule has 172 valence electrons. The normalized spacial score (nSPS) is 12.2. The van der Waals surface area contributed by atoms with Crippen molar-refractivity contribution in [1.29, 1.82) is 5.26 Å². The summed E-state index contributed by atoms with van der Waals surface area (Å²) < 4.78 is 41.1. The summed E-state index contributed by atoms with van der Waals surface area (Å²) in [6.45, 7) is 1.92. The highest BCUT2D eigenvalue weighted by atomic mass is 32.2. The molecule has 2 aromatic carbocycles. The number of anilines is 2. The summed E-state index contributed by atoms with van der Waals surface area (Å²) in [5.74, 6) is -0.561. The Hall–Kier alpha value is -2.22. The summed E-state index contributed by atoms with van der Waals surface area (Å²) >= 11 is 0.138. The lowest BCUT2D eigenvalue weighted by molar-refractivity contribution is 0.0977. The van der Waals surface area contributed by atoms with Crippen LogP contribution in [0.2, 0.25) is 0 Å². The summed E-state index contributed by atoms with van der Waals surface area (Å²) in [4.78, 5) is 16.6. The van der Waals surface area contributed by atoms with Gasteiger partial charge in [-0.25, -0.2) is 4.98 Å². The molecular formula is C21H19F2N4O2PS3. The molecular weight excluding hydrogens is 505 g/mol. The second kappa shape index (κ2) is 10.8. The van der Waals surface area contributed by atoms with E-state index in [-0.39, 0.29) is 12.2 Å². The fourth-order valence-corrected chi connectivity index (χ4v) is 5.29.